The SMILES string of the molecule is CO[C@@H]1OCCC[C@H]1O. The van der Waals surface area contributed by atoms with Crippen LogP contribution >= 0.6 is 0 Å². The number of aliphatic hydroxyl groups excluding tert-OH is 1. The summed E-state index contributed by atoms with van der Waals surface area (Å²) >= 11 is 0. The summed E-state index contributed by atoms with van der Waals surface area (Å²) in [6.07, 6.45) is 0.905. The zero-order valence-corrected chi connectivity index (χ0v) is 5.54. The minimum absolute atomic E-state index is 0.390. The highest BCUT2D eigenvalue weighted by atomic mass is 16.7. The maximum atomic E-state index is 9.12. The third kappa shape index (κ3) is 1.64. The quantitative estimate of drug-likeness (QED) is 0.551. The first kappa shape index (κ1) is 6.99. The molecule has 0 spiro atoms. The topological polar surface area (TPSA) is 38.7 Å². The Bertz CT molecular complexity index is 84.4. The molecule has 0 bridgehead atoms. The first-order valence-electron chi connectivity index (χ1n) is 3.17. The molecular weight excluding hydrogens is 120 g/mol. The van der Waals surface area contributed by atoms with Crippen molar-refractivity contribution in [3.05, 3.63) is 0 Å². The monoisotopic (exact) mass is 132 g/mol. The van der Waals surface area contributed by atoms with Gasteiger partial charge >= 0.3 is 0 Å². The molecule has 9 heavy (non-hydrogen) atoms. The summed E-state index contributed by atoms with van der Waals surface area (Å²) < 4.78 is 9.90. The van der Waals surface area contributed by atoms with Crippen molar-refractivity contribution in [3.63, 3.8) is 0 Å². The van der Waals surface area contributed by atoms with Crippen LogP contribution in [0.15, 0.2) is 0 Å². The Hall–Kier alpha value is -0.120. The van der Waals surface area contributed by atoms with Gasteiger partial charge in [0.25, 0.3) is 0 Å². The number of rotatable bonds is 1. The Morgan fingerprint density at radius 1 is 1.67 bits per heavy atom. The van der Waals surface area contributed by atoms with Crippen molar-refractivity contribution < 1.29 is 14.6 Å². The predicted octanol–water partition coefficient (Wildman–Crippen LogP) is 0.130. The highest BCUT2D eigenvalue weighted by Crippen LogP contribution is 2.13. The van der Waals surface area contributed by atoms with Gasteiger partial charge in [0.15, 0.2) is 6.29 Å². The Kier molecular flexibility index (Phi) is 2.45. The molecule has 2 atom stereocenters. The maximum absolute atomic E-state index is 9.12. The molecule has 1 saturated heterocycles. The van der Waals surface area contributed by atoms with Gasteiger partial charge in [-0.15, -0.1) is 0 Å². The maximum Gasteiger partial charge on any atom is 0.183 e. The van der Waals surface area contributed by atoms with Gasteiger partial charge in [0, 0.05) is 13.7 Å². The summed E-state index contributed by atoms with van der Waals surface area (Å²) in [7, 11) is 1.54. The smallest absolute Gasteiger partial charge is 0.183 e. The largest absolute Gasteiger partial charge is 0.388 e. The molecule has 0 aromatic rings. The van der Waals surface area contributed by atoms with E-state index >= 15 is 0 Å². The first-order valence-corrected chi connectivity index (χ1v) is 3.17. The van der Waals surface area contributed by atoms with Gasteiger partial charge in [-0.1, -0.05) is 0 Å². The summed E-state index contributed by atoms with van der Waals surface area (Å²) in [6.45, 7) is 0.704. The van der Waals surface area contributed by atoms with E-state index in [2.05, 4.69) is 0 Å². The highest BCUT2D eigenvalue weighted by molar-refractivity contribution is 4.64. The molecule has 0 unspecified atom stereocenters. The van der Waals surface area contributed by atoms with E-state index in [1.165, 1.54) is 0 Å². The van der Waals surface area contributed by atoms with Gasteiger partial charge in [-0.3, -0.25) is 0 Å². The Morgan fingerprint density at radius 2 is 2.44 bits per heavy atom. The lowest BCUT2D eigenvalue weighted by atomic mass is 10.1. The zero-order valence-electron chi connectivity index (χ0n) is 5.54. The molecule has 0 radical (unpaired) electrons. The normalized spacial score (nSPS) is 36.7. The zero-order chi connectivity index (χ0) is 6.69. The van der Waals surface area contributed by atoms with Crippen LogP contribution in [0.1, 0.15) is 12.8 Å². The summed E-state index contributed by atoms with van der Waals surface area (Å²) in [5.41, 5.74) is 0. The van der Waals surface area contributed by atoms with E-state index in [4.69, 9.17) is 14.6 Å². The van der Waals surface area contributed by atoms with E-state index in [1.54, 1.807) is 7.11 Å². The molecule has 1 heterocycles. The van der Waals surface area contributed by atoms with Gasteiger partial charge in [0.2, 0.25) is 0 Å². The molecule has 0 aromatic carbocycles. The molecule has 0 aliphatic carbocycles. The molecule has 1 rings (SSSR count). The summed E-state index contributed by atoms with van der Waals surface area (Å²) in [5.74, 6) is 0. The van der Waals surface area contributed by atoms with Crippen LogP contribution in [0.5, 0.6) is 0 Å². The molecule has 0 amide bonds. The number of hydrogen-bond donors (Lipinski definition) is 1. The third-order valence-corrected chi connectivity index (χ3v) is 1.47. The van der Waals surface area contributed by atoms with Crippen molar-refractivity contribution >= 4 is 0 Å². The van der Waals surface area contributed by atoms with Gasteiger partial charge < -0.3 is 14.6 Å². The lowest BCUT2D eigenvalue weighted by Gasteiger charge is -2.26. The fraction of sp³-hybridized carbons (Fsp3) is 1.00. The van der Waals surface area contributed by atoms with Crippen LogP contribution in [0.4, 0.5) is 0 Å². The molecular formula is C6H12O3. The second-order valence-corrected chi connectivity index (χ2v) is 2.18. The van der Waals surface area contributed by atoms with Gasteiger partial charge in [0.1, 0.15) is 6.10 Å². The van der Waals surface area contributed by atoms with Crippen LogP contribution < -0.4 is 0 Å². The molecule has 1 aliphatic heterocycles. The number of hydrogen-bond acceptors (Lipinski definition) is 3. The highest BCUT2D eigenvalue weighted by Gasteiger charge is 2.22. The molecule has 3 nitrogen and oxygen atoms in total. The third-order valence-electron chi connectivity index (χ3n) is 1.47. The average molecular weight is 132 g/mol. The van der Waals surface area contributed by atoms with Crippen LogP contribution in [0.3, 0.4) is 0 Å². The Morgan fingerprint density at radius 3 is 2.89 bits per heavy atom. The van der Waals surface area contributed by atoms with Crippen LogP contribution in [0, 0.1) is 0 Å². The van der Waals surface area contributed by atoms with Crippen molar-refractivity contribution in [1.82, 2.24) is 0 Å². The van der Waals surface area contributed by atoms with E-state index in [1.807, 2.05) is 0 Å². The Balaban J connectivity index is 2.30. The minimum atomic E-state index is -0.427. The lowest BCUT2D eigenvalue weighted by molar-refractivity contribution is -0.201. The van der Waals surface area contributed by atoms with Crippen molar-refractivity contribution in [3.8, 4) is 0 Å². The van der Waals surface area contributed by atoms with Crippen molar-refractivity contribution in [2.24, 2.45) is 0 Å². The van der Waals surface area contributed by atoms with E-state index in [0.29, 0.717) is 6.61 Å². The standard InChI is InChI=1S/C6H12O3/c1-8-6-5(7)3-2-4-9-6/h5-7H,2-4H2,1H3/t5-,6-/m1/s1. The van der Waals surface area contributed by atoms with E-state index in [0.717, 1.165) is 12.8 Å². The molecule has 0 saturated carbocycles. The van der Waals surface area contributed by atoms with Crippen LogP contribution in [-0.4, -0.2) is 31.2 Å². The molecule has 1 fully saturated rings. The number of methoxy groups -OCH3 is 1. The summed E-state index contributed by atoms with van der Waals surface area (Å²) in [4.78, 5) is 0. The molecule has 1 aliphatic rings. The van der Waals surface area contributed by atoms with Crippen molar-refractivity contribution in [2.75, 3.05) is 13.7 Å². The minimum Gasteiger partial charge on any atom is -0.388 e. The fourth-order valence-electron chi connectivity index (χ4n) is 0.964. The Labute approximate surface area is 54.6 Å². The predicted molar refractivity (Wildman–Crippen MR) is 32.0 cm³/mol. The van der Waals surface area contributed by atoms with E-state index in [-0.39, 0.29) is 0 Å². The van der Waals surface area contributed by atoms with Crippen LogP contribution in [0.25, 0.3) is 0 Å². The molecule has 1 N–H and O–H groups in total. The summed E-state index contributed by atoms with van der Waals surface area (Å²) in [6, 6.07) is 0. The second-order valence-electron chi connectivity index (χ2n) is 2.18. The van der Waals surface area contributed by atoms with Gasteiger partial charge in [-0.25, -0.2) is 0 Å². The molecule has 0 aromatic heterocycles. The first-order chi connectivity index (χ1) is 4.34. The van der Waals surface area contributed by atoms with Gasteiger partial charge in [-0.05, 0) is 12.8 Å². The average Bonchev–Trinajstić information content (AvgIpc) is 1.89. The number of ether oxygens (including phenoxy) is 2. The lowest BCUT2D eigenvalue weighted by Crippen LogP contribution is -2.35. The number of aliphatic hydroxyl groups is 1. The van der Waals surface area contributed by atoms with Gasteiger partial charge in [0.05, 0.1) is 0 Å². The molecule has 54 valence electrons. The molecule has 3 heteroatoms. The van der Waals surface area contributed by atoms with Crippen molar-refractivity contribution in [1.29, 1.82) is 0 Å². The van der Waals surface area contributed by atoms with E-state index < -0.39 is 12.4 Å². The van der Waals surface area contributed by atoms with Crippen molar-refractivity contribution in [2.45, 2.75) is 25.2 Å². The van der Waals surface area contributed by atoms with Gasteiger partial charge in [-0.2, -0.15) is 0 Å². The summed E-state index contributed by atoms with van der Waals surface area (Å²) in [5, 5.41) is 9.12. The van der Waals surface area contributed by atoms with Crippen LogP contribution in [0.2, 0.25) is 0 Å². The van der Waals surface area contributed by atoms with Crippen LogP contribution in [-0.2, 0) is 9.47 Å². The second kappa shape index (κ2) is 3.15. The van der Waals surface area contributed by atoms with E-state index in [9.17, 15) is 0 Å². The fourth-order valence-corrected chi connectivity index (χ4v) is 0.964.